The summed E-state index contributed by atoms with van der Waals surface area (Å²) in [4.78, 5) is 28.1. The predicted molar refractivity (Wildman–Crippen MR) is 103 cm³/mol. The largest absolute Gasteiger partial charge is 0.486 e. The van der Waals surface area contributed by atoms with Gasteiger partial charge in [0.1, 0.15) is 13.2 Å². The third-order valence-electron chi connectivity index (χ3n) is 5.93. The van der Waals surface area contributed by atoms with Crippen LogP contribution in [0.2, 0.25) is 0 Å². The molecule has 3 aliphatic rings. The Bertz CT molecular complexity index is 1020. The Morgan fingerprint density at radius 3 is 2.50 bits per heavy atom. The summed E-state index contributed by atoms with van der Waals surface area (Å²) in [6.07, 6.45) is 0. The first-order chi connectivity index (χ1) is 14.4. The second kappa shape index (κ2) is 6.68. The van der Waals surface area contributed by atoms with Crippen LogP contribution in [-0.2, 0) is 11.3 Å². The van der Waals surface area contributed by atoms with Crippen molar-refractivity contribution < 1.29 is 27.8 Å². The van der Waals surface area contributed by atoms with Crippen LogP contribution in [0.4, 0.5) is 8.78 Å². The number of alkyl halides is 2. The lowest BCUT2D eigenvalue weighted by atomic mass is 9.93. The lowest BCUT2D eigenvalue weighted by molar-refractivity contribution is -0.139. The van der Waals surface area contributed by atoms with Crippen molar-refractivity contribution in [1.29, 1.82) is 0 Å². The summed E-state index contributed by atoms with van der Waals surface area (Å²) in [5.41, 5.74) is -4.25. The molecule has 0 radical (unpaired) electrons. The van der Waals surface area contributed by atoms with Gasteiger partial charge >= 0.3 is 0 Å². The Balaban J connectivity index is 1.38. The molecule has 2 atom stereocenters. The molecule has 2 fully saturated rings. The van der Waals surface area contributed by atoms with E-state index in [2.05, 4.69) is 0 Å². The Hall–Kier alpha value is -3.16. The molecule has 0 saturated carbocycles. The van der Waals surface area contributed by atoms with Crippen molar-refractivity contribution in [3.05, 3.63) is 59.7 Å². The molecule has 0 spiro atoms. The van der Waals surface area contributed by atoms with Gasteiger partial charge in [0.2, 0.25) is 5.67 Å². The van der Waals surface area contributed by atoms with E-state index >= 15 is 8.78 Å². The summed E-state index contributed by atoms with van der Waals surface area (Å²) >= 11 is 0. The van der Waals surface area contributed by atoms with Crippen molar-refractivity contribution in [1.82, 2.24) is 9.80 Å². The number of nitrogens with zero attached hydrogens (tertiary/aromatic N) is 2. The Morgan fingerprint density at radius 2 is 1.73 bits per heavy atom. The second-order valence-corrected chi connectivity index (χ2v) is 7.90. The number of ether oxygens (including phenoxy) is 2. The van der Waals surface area contributed by atoms with Gasteiger partial charge in [0.15, 0.2) is 17.2 Å². The van der Waals surface area contributed by atoms with Gasteiger partial charge in [0.25, 0.3) is 11.8 Å². The summed E-state index contributed by atoms with van der Waals surface area (Å²) in [5, 5.41) is 0. The summed E-state index contributed by atoms with van der Waals surface area (Å²) < 4.78 is 42.4. The number of fused-ring (bicyclic) bond motifs is 2. The van der Waals surface area contributed by atoms with Crippen LogP contribution in [0.1, 0.15) is 15.9 Å². The highest BCUT2D eigenvalue weighted by Gasteiger charge is 2.71. The number of amides is 2. The molecule has 2 amide bonds. The highest BCUT2D eigenvalue weighted by molar-refractivity contribution is 6.00. The SMILES string of the molecule is O=C(c1cccc2c1OCCO2)N1C[C@]2(F)CN(Cc3ccccc3)C(=O)[C@]2(F)C1. The van der Waals surface area contributed by atoms with E-state index in [0.29, 0.717) is 12.4 Å². The number of halogens is 2. The number of hydrogen-bond donors (Lipinski definition) is 0. The standard InChI is InChI=1S/C22H20F2N2O4/c23-21-12-25(11-15-5-2-1-3-6-15)20(28)22(21,24)14-26(13-21)19(27)16-7-4-8-17-18(16)30-10-9-29-17/h1-8H,9-14H2/t21-,22-/m1/s1. The fourth-order valence-electron chi connectivity index (χ4n) is 4.44. The zero-order valence-corrected chi connectivity index (χ0v) is 16.1. The van der Waals surface area contributed by atoms with E-state index < -0.39 is 42.8 Å². The first kappa shape index (κ1) is 18.8. The van der Waals surface area contributed by atoms with E-state index in [9.17, 15) is 9.59 Å². The number of rotatable bonds is 3. The quantitative estimate of drug-likeness (QED) is 0.774. The van der Waals surface area contributed by atoms with Crippen molar-refractivity contribution in [3.63, 3.8) is 0 Å². The molecule has 156 valence electrons. The van der Waals surface area contributed by atoms with Crippen LogP contribution in [0.15, 0.2) is 48.5 Å². The molecule has 6 nitrogen and oxygen atoms in total. The van der Waals surface area contributed by atoms with Crippen molar-refractivity contribution >= 4 is 11.8 Å². The molecule has 2 aromatic rings. The van der Waals surface area contributed by atoms with Gasteiger partial charge in [0.05, 0.1) is 25.2 Å². The van der Waals surface area contributed by atoms with Crippen LogP contribution < -0.4 is 9.47 Å². The zero-order chi connectivity index (χ0) is 20.9. The number of carbonyl (C=O) groups excluding carboxylic acids is 2. The molecular formula is C22H20F2N2O4. The molecule has 0 unspecified atom stereocenters. The normalized spacial score (nSPS) is 27.3. The molecule has 30 heavy (non-hydrogen) atoms. The summed E-state index contributed by atoms with van der Waals surface area (Å²) in [7, 11) is 0. The van der Waals surface area contributed by atoms with Gasteiger partial charge < -0.3 is 19.3 Å². The van der Waals surface area contributed by atoms with E-state index in [1.165, 1.54) is 11.0 Å². The summed E-state index contributed by atoms with van der Waals surface area (Å²) in [6.45, 7) is -0.748. The van der Waals surface area contributed by atoms with E-state index in [1.807, 2.05) is 6.07 Å². The van der Waals surface area contributed by atoms with E-state index in [-0.39, 0.29) is 24.5 Å². The lowest BCUT2D eigenvalue weighted by Crippen LogP contribution is -2.47. The monoisotopic (exact) mass is 414 g/mol. The maximum atomic E-state index is 15.7. The minimum absolute atomic E-state index is 0.127. The summed E-state index contributed by atoms with van der Waals surface area (Å²) in [5.74, 6) is -0.813. The highest BCUT2D eigenvalue weighted by atomic mass is 19.2. The van der Waals surface area contributed by atoms with Crippen molar-refractivity contribution in [2.24, 2.45) is 0 Å². The molecule has 3 heterocycles. The average molecular weight is 414 g/mol. The smallest absolute Gasteiger partial charge is 0.266 e. The van der Waals surface area contributed by atoms with Gasteiger partial charge in [-0.3, -0.25) is 9.59 Å². The first-order valence-electron chi connectivity index (χ1n) is 9.80. The van der Waals surface area contributed by atoms with E-state index in [0.717, 1.165) is 10.5 Å². The van der Waals surface area contributed by atoms with Gasteiger partial charge in [0, 0.05) is 6.54 Å². The van der Waals surface area contributed by atoms with Gasteiger partial charge in [-0.25, -0.2) is 8.78 Å². The van der Waals surface area contributed by atoms with Gasteiger partial charge in [-0.2, -0.15) is 0 Å². The van der Waals surface area contributed by atoms with Crippen LogP contribution in [0, 0.1) is 0 Å². The molecule has 3 aliphatic heterocycles. The van der Waals surface area contributed by atoms with Crippen LogP contribution in [-0.4, -0.2) is 65.8 Å². The van der Waals surface area contributed by atoms with Crippen molar-refractivity contribution in [2.45, 2.75) is 17.9 Å². The van der Waals surface area contributed by atoms with Gasteiger partial charge in [-0.15, -0.1) is 0 Å². The fourth-order valence-corrected chi connectivity index (χ4v) is 4.44. The minimum atomic E-state index is -2.76. The second-order valence-electron chi connectivity index (χ2n) is 7.90. The Labute approximate surface area is 172 Å². The number of hydrogen-bond acceptors (Lipinski definition) is 4. The molecule has 0 N–H and O–H groups in total. The molecule has 2 aromatic carbocycles. The van der Waals surface area contributed by atoms with Crippen LogP contribution in [0.25, 0.3) is 0 Å². The molecule has 0 bridgehead atoms. The first-order valence-corrected chi connectivity index (χ1v) is 9.80. The topological polar surface area (TPSA) is 59.1 Å². The van der Waals surface area contributed by atoms with E-state index in [1.54, 1.807) is 36.4 Å². The van der Waals surface area contributed by atoms with Crippen molar-refractivity contribution in [2.75, 3.05) is 32.8 Å². The fraction of sp³-hybridized carbons (Fsp3) is 0.364. The molecule has 0 aromatic heterocycles. The predicted octanol–water partition coefficient (Wildman–Crippen LogP) is 2.37. The zero-order valence-electron chi connectivity index (χ0n) is 16.1. The third kappa shape index (κ3) is 2.74. The minimum Gasteiger partial charge on any atom is -0.486 e. The van der Waals surface area contributed by atoms with Crippen molar-refractivity contribution in [3.8, 4) is 11.5 Å². The molecule has 0 aliphatic carbocycles. The number of likely N-dealkylation sites (tertiary alicyclic amines) is 2. The molecule has 8 heteroatoms. The highest BCUT2D eigenvalue weighted by Crippen LogP contribution is 2.47. The Morgan fingerprint density at radius 1 is 0.967 bits per heavy atom. The maximum Gasteiger partial charge on any atom is 0.266 e. The third-order valence-corrected chi connectivity index (χ3v) is 5.93. The van der Waals surface area contributed by atoms with Gasteiger partial charge in [-0.1, -0.05) is 36.4 Å². The number of carbonyl (C=O) groups is 2. The average Bonchev–Trinajstić information content (AvgIpc) is 3.12. The van der Waals surface area contributed by atoms with Gasteiger partial charge in [-0.05, 0) is 17.7 Å². The van der Waals surface area contributed by atoms with Crippen LogP contribution in [0.3, 0.4) is 0 Å². The Kier molecular flexibility index (Phi) is 4.20. The van der Waals surface area contributed by atoms with Crippen LogP contribution in [0.5, 0.6) is 11.5 Å². The molecule has 5 rings (SSSR count). The summed E-state index contributed by atoms with van der Waals surface area (Å²) in [6, 6.07) is 13.9. The maximum absolute atomic E-state index is 15.7. The van der Waals surface area contributed by atoms with Crippen LogP contribution >= 0.6 is 0 Å². The number of benzene rings is 2. The van der Waals surface area contributed by atoms with E-state index in [4.69, 9.17) is 9.47 Å². The molecule has 2 saturated heterocycles. The molecular weight excluding hydrogens is 394 g/mol. The lowest BCUT2D eigenvalue weighted by Gasteiger charge is -2.25. The number of para-hydroxylation sites is 1.